The second-order valence-corrected chi connectivity index (χ2v) is 6.09. The van der Waals surface area contributed by atoms with Crippen molar-refractivity contribution in [3.63, 3.8) is 0 Å². The quantitative estimate of drug-likeness (QED) is 0.851. The number of nitrogens with zero attached hydrogens (tertiary/aromatic N) is 2. The lowest BCUT2D eigenvalue weighted by molar-refractivity contribution is 0.512. The van der Waals surface area contributed by atoms with Gasteiger partial charge in [-0.3, -0.25) is 4.98 Å². The van der Waals surface area contributed by atoms with Crippen LogP contribution in [0.5, 0.6) is 0 Å². The van der Waals surface area contributed by atoms with Gasteiger partial charge >= 0.3 is 0 Å². The number of rotatable bonds is 7. The van der Waals surface area contributed by atoms with Gasteiger partial charge in [0.25, 0.3) is 0 Å². The molecule has 0 aliphatic carbocycles. The van der Waals surface area contributed by atoms with E-state index in [9.17, 15) is 0 Å². The van der Waals surface area contributed by atoms with E-state index in [0.717, 1.165) is 36.5 Å². The Bertz CT molecular complexity index is 519. The van der Waals surface area contributed by atoms with Gasteiger partial charge in [0.1, 0.15) is 0 Å². The molecule has 2 aromatic heterocycles. The molecule has 0 fully saturated rings. The Balaban J connectivity index is 2.00. The summed E-state index contributed by atoms with van der Waals surface area (Å²) in [5.74, 6) is 0. The zero-order valence-corrected chi connectivity index (χ0v) is 13.3. The molecule has 0 bridgehead atoms. The second-order valence-electron chi connectivity index (χ2n) is 5.03. The number of nitrogens with one attached hydrogen (secondary N) is 1. The molecule has 0 spiro atoms. The van der Waals surface area contributed by atoms with Crippen molar-refractivity contribution >= 4 is 11.3 Å². The van der Waals surface area contributed by atoms with Crippen LogP contribution in [0.4, 0.5) is 0 Å². The zero-order chi connectivity index (χ0) is 14.4. The summed E-state index contributed by atoms with van der Waals surface area (Å²) >= 11 is 1.72. The molecule has 0 aliphatic heterocycles. The monoisotopic (exact) mass is 289 g/mol. The van der Waals surface area contributed by atoms with Gasteiger partial charge in [0, 0.05) is 36.2 Å². The number of aryl methyl sites for hydroxylation is 2. The lowest BCUT2D eigenvalue weighted by Gasteiger charge is -2.16. The van der Waals surface area contributed by atoms with E-state index in [-0.39, 0.29) is 0 Å². The van der Waals surface area contributed by atoms with Crippen LogP contribution in [0.15, 0.2) is 23.7 Å². The van der Waals surface area contributed by atoms with Crippen molar-refractivity contribution in [1.29, 1.82) is 0 Å². The highest BCUT2D eigenvalue weighted by atomic mass is 32.1. The van der Waals surface area contributed by atoms with Crippen LogP contribution in [0.2, 0.25) is 0 Å². The predicted octanol–water partition coefficient (Wildman–Crippen LogP) is 3.17. The van der Waals surface area contributed by atoms with Crippen molar-refractivity contribution in [1.82, 2.24) is 15.3 Å². The summed E-state index contributed by atoms with van der Waals surface area (Å²) in [6.45, 7) is 7.33. The molecule has 108 valence electrons. The number of pyridine rings is 1. The molecule has 0 amide bonds. The van der Waals surface area contributed by atoms with E-state index in [2.05, 4.69) is 53.6 Å². The third-order valence-electron chi connectivity index (χ3n) is 3.36. The molecule has 0 saturated carbocycles. The molecule has 1 unspecified atom stereocenters. The molecular weight excluding hydrogens is 266 g/mol. The lowest BCUT2D eigenvalue weighted by Crippen LogP contribution is -2.33. The van der Waals surface area contributed by atoms with E-state index < -0.39 is 0 Å². The summed E-state index contributed by atoms with van der Waals surface area (Å²) in [6.07, 6.45) is 4.96. The topological polar surface area (TPSA) is 37.8 Å². The molecule has 0 aromatic carbocycles. The Morgan fingerprint density at radius 1 is 1.20 bits per heavy atom. The Morgan fingerprint density at radius 2 is 2.00 bits per heavy atom. The Hall–Kier alpha value is -1.26. The van der Waals surface area contributed by atoms with Gasteiger partial charge in [0.05, 0.1) is 10.7 Å². The molecule has 1 atom stereocenters. The smallest absolute Gasteiger partial charge is 0.0897 e. The van der Waals surface area contributed by atoms with Crippen LogP contribution in [0, 0.1) is 6.92 Å². The second kappa shape index (κ2) is 7.50. The maximum absolute atomic E-state index is 4.56. The minimum Gasteiger partial charge on any atom is -0.313 e. The van der Waals surface area contributed by atoms with Gasteiger partial charge in [-0.05, 0) is 31.5 Å². The average Bonchev–Trinajstić information content (AvgIpc) is 2.85. The van der Waals surface area contributed by atoms with Crippen LogP contribution in [0.25, 0.3) is 0 Å². The number of hydrogen-bond donors (Lipinski definition) is 1. The first kappa shape index (κ1) is 15.1. The number of hydrogen-bond acceptors (Lipinski definition) is 4. The van der Waals surface area contributed by atoms with Gasteiger partial charge in [-0.1, -0.05) is 19.9 Å². The van der Waals surface area contributed by atoms with Crippen LogP contribution >= 0.6 is 11.3 Å². The minimum absolute atomic E-state index is 0.404. The van der Waals surface area contributed by atoms with E-state index in [1.807, 2.05) is 6.20 Å². The first-order valence-electron chi connectivity index (χ1n) is 7.29. The van der Waals surface area contributed by atoms with E-state index in [0.29, 0.717) is 6.04 Å². The molecule has 2 heterocycles. The van der Waals surface area contributed by atoms with Gasteiger partial charge in [-0.15, -0.1) is 11.3 Å². The molecule has 20 heavy (non-hydrogen) atoms. The van der Waals surface area contributed by atoms with Gasteiger partial charge in [-0.25, -0.2) is 4.98 Å². The highest BCUT2D eigenvalue weighted by Crippen LogP contribution is 2.12. The number of likely N-dealkylation sites (N-methyl/N-ethyl adjacent to an activating group) is 1. The van der Waals surface area contributed by atoms with Crippen LogP contribution in [0.3, 0.4) is 0 Å². The normalized spacial score (nSPS) is 12.6. The van der Waals surface area contributed by atoms with Crippen molar-refractivity contribution in [3.8, 4) is 0 Å². The van der Waals surface area contributed by atoms with Crippen LogP contribution in [-0.4, -0.2) is 22.6 Å². The first-order valence-corrected chi connectivity index (χ1v) is 8.17. The minimum atomic E-state index is 0.404. The third-order valence-corrected chi connectivity index (χ3v) is 4.19. The maximum atomic E-state index is 4.56. The van der Waals surface area contributed by atoms with E-state index in [1.165, 1.54) is 11.3 Å². The van der Waals surface area contributed by atoms with Crippen molar-refractivity contribution in [2.45, 2.75) is 46.1 Å². The molecule has 0 saturated heterocycles. The lowest BCUT2D eigenvalue weighted by atomic mass is 10.0. The summed E-state index contributed by atoms with van der Waals surface area (Å²) in [6, 6.07) is 4.73. The molecule has 0 radical (unpaired) electrons. The summed E-state index contributed by atoms with van der Waals surface area (Å²) in [5, 5.41) is 6.84. The fourth-order valence-electron chi connectivity index (χ4n) is 2.30. The van der Waals surface area contributed by atoms with E-state index in [1.54, 1.807) is 11.3 Å². The highest BCUT2D eigenvalue weighted by molar-refractivity contribution is 7.09. The summed E-state index contributed by atoms with van der Waals surface area (Å²) < 4.78 is 0. The Labute approximate surface area is 125 Å². The zero-order valence-electron chi connectivity index (χ0n) is 12.5. The number of aromatic nitrogens is 2. The van der Waals surface area contributed by atoms with Gasteiger partial charge in [0.2, 0.25) is 0 Å². The summed E-state index contributed by atoms with van der Waals surface area (Å²) in [5.41, 5.74) is 3.63. The SMILES string of the molecule is CCNC(Cc1ccc(CC)cn1)Cc1csc(C)n1. The van der Waals surface area contributed by atoms with E-state index >= 15 is 0 Å². The van der Waals surface area contributed by atoms with Crippen molar-refractivity contribution in [2.24, 2.45) is 0 Å². The van der Waals surface area contributed by atoms with E-state index in [4.69, 9.17) is 0 Å². The van der Waals surface area contributed by atoms with Crippen LogP contribution in [-0.2, 0) is 19.3 Å². The van der Waals surface area contributed by atoms with Gasteiger partial charge in [0.15, 0.2) is 0 Å². The van der Waals surface area contributed by atoms with Gasteiger partial charge in [-0.2, -0.15) is 0 Å². The molecule has 2 aromatic rings. The Kier molecular flexibility index (Phi) is 5.68. The van der Waals surface area contributed by atoms with Gasteiger partial charge < -0.3 is 5.32 Å². The molecule has 1 N–H and O–H groups in total. The standard InChI is InChI=1S/C16H23N3S/c1-4-13-6-7-14(18-10-13)8-15(17-5-2)9-16-11-20-12(3)19-16/h6-7,10-11,15,17H,4-5,8-9H2,1-3H3. The molecule has 2 rings (SSSR count). The highest BCUT2D eigenvalue weighted by Gasteiger charge is 2.12. The molecule has 0 aliphatic rings. The van der Waals surface area contributed by atoms with Crippen molar-refractivity contribution in [3.05, 3.63) is 45.7 Å². The maximum Gasteiger partial charge on any atom is 0.0897 e. The summed E-state index contributed by atoms with van der Waals surface area (Å²) in [4.78, 5) is 9.12. The average molecular weight is 289 g/mol. The van der Waals surface area contributed by atoms with Crippen LogP contribution in [0.1, 0.15) is 35.8 Å². The first-order chi connectivity index (χ1) is 9.71. The fourth-order valence-corrected chi connectivity index (χ4v) is 2.92. The predicted molar refractivity (Wildman–Crippen MR) is 85.3 cm³/mol. The summed E-state index contributed by atoms with van der Waals surface area (Å²) in [7, 11) is 0. The van der Waals surface area contributed by atoms with Crippen molar-refractivity contribution in [2.75, 3.05) is 6.54 Å². The van der Waals surface area contributed by atoms with Crippen molar-refractivity contribution < 1.29 is 0 Å². The van der Waals surface area contributed by atoms with Crippen LogP contribution < -0.4 is 5.32 Å². The number of thiazole rings is 1. The molecular formula is C16H23N3S. The fraction of sp³-hybridized carbons (Fsp3) is 0.500. The Morgan fingerprint density at radius 3 is 2.55 bits per heavy atom. The largest absolute Gasteiger partial charge is 0.313 e. The molecule has 4 heteroatoms. The third kappa shape index (κ3) is 4.39. The molecule has 3 nitrogen and oxygen atoms in total.